The van der Waals surface area contributed by atoms with E-state index in [1.54, 1.807) is 0 Å². The first-order chi connectivity index (χ1) is 5.40. The maximum atomic E-state index is 5.32. The molecule has 0 amide bonds. The molecule has 0 aromatic carbocycles. The Morgan fingerprint density at radius 2 is 2.27 bits per heavy atom. The average molecular weight is 156 g/mol. The summed E-state index contributed by atoms with van der Waals surface area (Å²) in [6.07, 6.45) is 1.23. The van der Waals surface area contributed by atoms with Crippen LogP contribution < -0.4 is 5.32 Å². The summed E-state index contributed by atoms with van der Waals surface area (Å²) in [4.78, 5) is 2.51. The number of rotatable bonds is 2. The molecule has 11 heavy (non-hydrogen) atoms. The third kappa shape index (κ3) is 1.41. The van der Waals surface area contributed by atoms with Gasteiger partial charge in [0, 0.05) is 31.8 Å². The third-order valence-corrected chi connectivity index (χ3v) is 2.74. The molecule has 1 N–H and O–H groups in total. The Morgan fingerprint density at radius 3 is 2.82 bits per heavy atom. The summed E-state index contributed by atoms with van der Waals surface area (Å²) in [6.45, 7) is 4.34. The number of likely N-dealkylation sites (tertiary alicyclic amines) is 1. The van der Waals surface area contributed by atoms with Gasteiger partial charge in [-0.1, -0.05) is 0 Å². The Kier molecular flexibility index (Phi) is 2.11. The third-order valence-electron chi connectivity index (χ3n) is 2.74. The van der Waals surface area contributed by atoms with E-state index < -0.39 is 0 Å². The molecule has 0 bridgehead atoms. The molecule has 2 heterocycles. The first-order valence-electron chi connectivity index (χ1n) is 4.39. The molecule has 2 aliphatic heterocycles. The van der Waals surface area contributed by atoms with Crippen molar-refractivity contribution in [2.45, 2.75) is 18.5 Å². The summed E-state index contributed by atoms with van der Waals surface area (Å²) in [6, 6.07) is 1.45. The van der Waals surface area contributed by atoms with Gasteiger partial charge in [0.15, 0.2) is 0 Å². The largest absolute Gasteiger partial charge is 0.380 e. The highest BCUT2D eigenvalue weighted by Gasteiger charge is 2.32. The van der Waals surface area contributed by atoms with Gasteiger partial charge in [-0.25, -0.2) is 0 Å². The van der Waals surface area contributed by atoms with Gasteiger partial charge in [0.1, 0.15) is 0 Å². The summed E-state index contributed by atoms with van der Waals surface area (Å²) in [5.41, 5.74) is 0. The Morgan fingerprint density at radius 1 is 1.45 bits per heavy atom. The van der Waals surface area contributed by atoms with Crippen LogP contribution in [0.4, 0.5) is 0 Å². The van der Waals surface area contributed by atoms with Gasteiger partial charge >= 0.3 is 0 Å². The number of ether oxygens (including phenoxy) is 1. The van der Waals surface area contributed by atoms with Crippen molar-refractivity contribution >= 4 is 0 Å². The van der Waals surface area contributed by atoms with Crippen molar-refractivity contribution in [1.29, 1.82) is 0 Å². The fourth-order valence-electron chi connectivity index (χ4n) is 1.80. The number of nitrogens with zero attached hydrogens (tertiary/aromatic N) is 1. The highest BCUT2D eigenvalue weighted by Crippen LogP contribution is 2.18. The molecule has 0 aromatic heterocycles. The van der Waals surface area contributed by atoms with Crippen molar-refractivity contribution in [3.8, 4) is 0 Å². The summed E-state index contributed by atoms with van der Waals surface area (Å²) in [7, 11) is 2.03. The van der Waals surface area contributed by atoms with Crippen LogP contribution in [0, 0.1) is 0 Å². The molecule has 0 spiro atoms. The van der Waals surface area contributed by atoms with Crippen molar-refractivity contribution < 1.29 is 4.74 Å². The van der Waals surface area contributed by atoms with E-state index in [4.69, 9.17) is 4.74 Å². The molecule has 3 nitrogen and oxygen atoms in total. The summed E-state index contributed by atoms with van der Waals surface area (Å²) >= 11 is 0. The topological polar surface area (TPSA) is 24.5 Å². The molecule has 2 rings (SSSR count). The zero-order valence-corrected chi connectivity index (χ0v) is 7.05. The van der Waals surface area contributed by atoms with E-state index in [1.807, 2.05) is 7.05 Å². The smallest absolute Gasteiger partial charge is 0.0622 e. The van der Waals surface area contributed by atoms with Crippen LogP contribution in [0.3, 0.4) is 0 Å². The first kappa shape index (κ1) is 7.53. The van der Waals surface area contributed by atoms with Crippen LogP contribution in [0.1, 0.15) is 6.42 Å². The van der Waals surface area contributed by atoms with Crippen molar-refractivity contribution in [3.63, 3.8) is 0 Å². The second-order valence-electron chi connectivity index (χ2n) is 3.46. The highest BCUT2D eigenvalue weighted by atomic mass is 16.5. The minimum absolute atomic E-state index is 0.722. The van der Waals surface area contributed by atoms with E-state index in [2.05, 4.69) is 10.2 Å². The molecular weight excluding hydrogens is 140 g/mol. The van der Waals surface area contributed by atoms with Crippen LogP contribution in [-0.4, -0.2) is 50.3 Å². The molecule has 0 radical (unpaired) electrons. The minimum atomic E-state index is 0.722. The quantitative estimate of drug-likeness (QED) is 0.593. The van der Waals surface area contributed by atoms with Gasteiger partial charge in [-0.15, -0.1) is 0 Å². The van der Waals surface area contributed by atoms with E-state index in [0.717, 1.165) is 25.3 Å². The molecule has 2 fully saturated rings. The Balaban J connectivity index is 1.73. The average Bonchev–Trinajstić information content (AvgIpc) is 2.37. The molecule has 0 saturated carbocycles. The molecule has 0 aromatic rings. The number of hydrogen-bond donors (Lipinski definition) is 1. The van der Waals surface area contributed by atoms with Gasteiger partial charge in [-0.05, 0) is 13.5 Å². The molecule has 2 aliphatic rings. The summed E-state index contributed by atoms with van der Waals surface area (Å²) in [5.74, 6) is 0. The number of likely N-dealkylation sites (N-methyl/N-ethyl adjacent to an activating group) is 1. The van der Waals surface area contributed by atoms with Gasteiger partial charge < -0.3 is 10.1 Å². The number of nitrogens with one attached hydrogen (secondary N) is 1. The number of hydrogen-bond acceptors (Lipinski definition) is 3. The second-order valence-corrected chi connectivity index (χ2v) is 3.46. The van der Waals surface area contributed by atoms with Gasteiger partial charge in [-0.3, -0.25) is 4.90 Å². The van der Waals surface area contributed by atoms with Crippen LogP contribution in [0.25, 0.3) is 0 Å². The van der Waals surface area contributed by atoms with Crippen molar-refractivity contribution in [2.75, 3.05) is 33.4 Å². The zero-order valence-electron chi connectivity index (χ0n) is 7.05. The van der Waals surface area contributed by atoms with Gasteiger partial charge in [0.25, 0.3) is 0 Å². The van der Waals surface area contributed by atoms with E-state index in [0.29, 0.717) is 0 Å². The minimum Gasteiger partial charge on any atom is -0.380 e. The van der Waals surface area contributed by atoms with E-state index >= 15 is 0 Å². The maximum Gasteiger partial charge on any atom is 0.0622 e. The molecule has 1 unspecified atom stereocenters. The van der Waals surface area contributed by atoms with Crippen molar-refractivity contribution in [2.24, 2.45) is 0 Å². The predicted molar refractivity (Wildman–Crippen MR) is 43.6 cm³/mol. The lowest BCUT2D eigenvalue weighted by molar-refractivity contribution is 0.0683. The van der Waals surface area contributed by atoms with Crippen molar-refractivity contribution in [1.82, 2.24) is 10.2 Å². The van der Waals surface area contributed by atoms with E-state index in [9.17, 15) is 0 Å². The molecule has 64 valence electrons. The second kappa shape index (κ2) is 3.09. The maximum absolute atomic E-state index is 5.32. The van der Waals surface area contributed by atoms with Crippen LogP contribution in [0.2, 0.25) is 0 Å². The molecule has 3 heteroatoms. The summed E-state index contributed by atoms with van der Waals surface area (Å²) in [5, 5.41) is 3.27. The predicted octanol–water partition coefficient (Wildman–Crippen LogP) is -0.321. The molecular formula is C8H16N2O. The van der Waals surface area contributed by atoms with Crippen LogP contribution in [-0.2, 0) is 4.74 Å². The van der Waals surface area contributed by atoms with Crippen molar-refractivity contribution in [3.05, 3.63) is 0 Å². The standard InChI is InChI=1S/C8H16N2O/c1-9-7-4-10(5-7)8-2-3-11-6-8/h7-9H,2-6H2,1H3. The Bertz CT molecular complexity index is 128. The molecule has 2 saturated heterocycles. The zero-order chi connectivity index (χ0) is 7.68. The fraction of sp³-hybridized carbons (Fsp3) is 1.00. The molecule has 1 atom stereocenters. The van der Waals surface area contributed by atoms with E-state index in [-0.39, 0.29) is 0 Å². The Labute approximate surface area is 67.7 Å². The molecule has 0 aliphatic carbocycles. The van der Waals surface area contributed by atoms with Gasteiger partial charge in [0.2, 0.25) is 0 Å². The fourth-order valence-corrected chi connectivity index (χ4v) is 1.80. The van der Waals surface area contributed by atoms with Crippen LogP contribution >= 0.6 is 0 Å². The van der Waals surface area contributed by atoms with Gasteiger partial charge in [0.05, 0.1) is 6.61 Å². The van der Waals surface area contributed by atoms with E-state index in [1.165, 1.54) is 19.5 Å². The van der Waals surface area contributed by atoms with Gasteiger partial charge in [-0.2, -0.15) is 0 Å². The first-order valence-corrected chi connectivity index (χ1v) is 4.39. The highest BCUT2D eigenvalue weighted by molar-refractivity contribution is 4.90. The monoisotopic (exact) mass is 156 g/mol. The Hall–Kier alpha value is -0.120. The lowest BCUT2D eigenvalue weighted by Crippen LogP contribution is -2.60. The summed E-state index contributed by atoms with van der Waals surface area (Å²) < 4.78 is 5.32. The lowest BCUT2D eigenvalue weighted by Gasteiger charge is -2.42. The normalized spacial score (nSPS) is 34.1. The lowest BCUT2D eigenvalue weighted by atomic mass is 10.1. The van der Waals surface area contributed by atoms with Crippen LogP contribution in [0.15, 0.2) is 0 Å². The SMILES string of the molecule is CNC1CN(C2CCOC2)C1. The van der Waals surface area contributed by atoms with Crippen LogP contribution in [0.5, 0.6) is 0 Å².